The van der Waals surface area contributed by atoms with E-state index in [1.165, 1.54) is 18.9 Å². The standard InChI is InChI=1S/C14H24N2O4S/c1-13(2,3)16-12(19)15-10(17)8-21-9-14(5-6-14)7-11(18)20-4/h5-9H2,1-4H3,(H2,15,16,17,19). The highest BCUT2D eigenvalue weighted by Crippen LogP contribution is 2.51. The molecule has 0 radical (unpaired) electrons. The van der Waals surface area contributed by atoms with Crippen molar-refractivity contribution < 1.29 is 19.1 Å². The summed E-state index contributed by atoms with van der Waals surface area (Å²) in [6.07, 6.45) is 2.38. The molecular weight excluding hydrogens is 292 g/mol. The summed E-state index contributed by atoms with van der Waals surface area (Å²) in [5.41, 5.74) is -0.387. The zero-order chi connectivity index (χ0) is 16.1. The van der Waals surface area contributed by atoms with E-state index in [1.54, 1.807) is 0 Å². The summed E-state index contributed by atoms with van der Waals surface area (Å²) in [5.74, 6) is 0.411. The summed E-state index contributed by atoms with van der Waals surface area (Å²) in [6.45, 7) is 5.53. The molecule has 0 spiro atoms. The van der Waals surface area contributed by atoms with Crippen molar-refractivity contribution in [1.82, 2.24) is 10.6 Å². The van der Waals surface area contributed by atoms with E-state index in [1.807, 2.05) is 20.8 Å². The highest BCUT2D eigenvalue weighted by molar-refractivity contribution is 8.00. The number of hydrogen-bond donors (Lipinski definition) is 2. The second-order valence-corrected chi connectivity index (χ2v) is 7.48. The molecular formula is C14H24N2O4S. The van der Waals surface area contributed by atoms with Gasteiger partial charge < -0.3 is 10.1 Å². The van der Waals surface area contributed by atoms with Crippen molar-refractivity contribution in [2.75, 3.05) is 18.6 Å². The predicted octanol–water partition coefficient (Wildman–Crippen LogP) is 1.69. The van der Waals surface area contributed by atoms with Gasteiger partial charge in [-0.2, -0.15) is 11.8 Å². The van der Waals surface area contributed by atoms with Gasteiger partial charge in [-0.25, -0.2) is 4.79 Å². The Balaban J connectivity index is 2.22. The third kappa shape index (κ3) is 7.36. The molecule has 1 saturated carbocycles. The van der Waals surface area contributed by atoms with Gasteiger partial charge in [0, 0.05) is 5.54 Å². The molecule has 1 aliphatic rings. The largest absolute Gasteiger partial charge is 0.469 e. The summed E-state index contributed by atoms with van der Waals surface area (Å²) in [5, 5.41) is 4.96. The average molecular weight is 316 g/mol. The van der Waals surface area contributed by atoms with Gasteiger partial charge in [-0.3, -0.25) is 14.9 Å². The van der Waals surface area contributed by atoms with Crippen molar-refractivity contribution in [2.45, 2.75) is 45.6 Å². The smallest absolute Gasteiger partial charge is 0.321 e. The number of nitrogens with one attached hydrogen (secondary N) is 2. The molecule has 1 fully saturated rings. The lowest BCUT2D eigenvalue weighted by Crippen LogP contribution is -2.48. The van der Waals surface area contributed by atoms with E-state index < -0.39 is 6.03 Å². The van der Waals surface area contributed by atoms with E-state index in [4.69, 9.17) is 0 Å². The van der Waals surface area contributed by atoms with Gasteiger partial charge in [-0.05, 0) is 44.8 Å². The highest BCUT2D eigenvalue weighted by atomic mass is 32.2. The molecule has 0 aromatic rings. The second kappa shape index (κ2) is 7.15. The lowest BCUT2D eigenvalue weighted by Gasteiger charge is -2.20. The number of hydrogen-bond acceptors (Lipinski definition) is 5. The van der Waals surface area contributed by atoms with E-state index in [2.05, 4.69) is 15.4 Å². The summed E-state index contributed by atoms with van der Waals surface area (Å²) in [4.78, 5) is 34.4. The van der Waals surface area contributed by atoms with Crippen LogP contribution >= 0.6 is 11.8 Å². The number of thioether (sulfide) groups is 1. The number of ether oxygens (including phenoxy) is 1. The zero-order valence-corrected chi connectivity index (χ0v) is 13.9. The van der Waals surface area contributed by atoms with Gasteiger partial charge in [0.25, 0.3) is 0 Å². The van der Waals surface area contributed by atoms with Crippen LogP contribution in [0.5, 0.6) is 0 Å². The Kier molecular flexibility index (Phi) is 6.07. The fraction of sp³-hybridized carbons (Fsp3) is 0.786. The van der Waals surface area contributed by atoms with Crippen LogP contribution in [0.1, 0.15) is 40.0 Å². The zero-order valence-electron chi connectivity index (χ0n) is 13.1. The quantitative estimate of drug-likeness (QED) is 0.728. The van der Waals surface area contributed by atoms with E-state index in [9.17, 15) is 14.4 Å². The maximum absolute atomic E-state index is 11.6. The normalized spacial score (nSPS) is 16.0. The van der Waals surface area contributed by atoms with Crippen LogP contribution in [0.4, 0.5) is 4.79 Å². The molecule has 0 aromatic heterocycles. The maximum Gasteiger partial charge on any atom is 0.321 e. The first-order chi connectivity index (χ1) is 9.66. The maximum atomic E-state index is 11.6. The summed E-state index contributed by atoms with van der Waals surface area (Å²) >= 11 is 1.44. The lowest BCUT2D eigenvalue weighted by atomic mass is 10.1. The number of carbonyl (C=O) groups excluding carboxylic acids is 3. The summed E-state index contributed by atoms with van der Waals surface area (Å²) < 4.78 is 4.67. The van der Waals surface area contributed by atoms with Crippen molar-refractivity contribution >= 4 is 29.7 Å². The van der Waals surface area contributed by atoms with Crippen LogP contribution in [-0.4, -0.2) is 42.1 Å². The van der Waals surface area contributed by atoms with Gasteiger partial charge in [0.15, 0.2) is 0 Å². The van der Waals surface area contributed by atoms with Crippen molar-refractivity contribution in [3.63, 3.8) is 0 Å². The average Bonchev–Trinajstić information content (AvgIpc) is 3.06. The third-order valence-corrected chi connectivity index (χ3v) is 4.37. The second-order valence-electron chi connectivity index (χ2n) is 6.50. The van der Waals surface area contributed by atoms with Gasteiger partial charge in [0.2, 0.25) is 5.91 Å². The Morgan fingerprint density at radius 2 is 1.86 bits per heavy atom. The Labute approximate surface area is 129 Å². The Morgan fingerprint density at radius 3 is 2.33 bits per heavy atom. The summed E-state index contributed by atoms with van der Waals surface area (Å²) in [7, 11) is 1.38. The Morgan fingerprint density at radius 1 is 1.24 bits per heavy atom. The molecule has 6 nitrogen and oxygen atoms in total. The van der Waals surface area contributed by atoms with E-state index >= 15 is 0 Å². The molecule has 0 bridgehead atoms. The SMILES string of the molecule is COC(=O)CC1(CSCC(=O)NC(=O)NC(C)(C)C)CC1. The molecule has 0 unspecified atom stereocenters. The summed E-state index contributed by atoms with van der Waals surface area (Å²) in [6, 6.07) is -0.483. The Hall–Kier alpha value is -1.24. The first kappa shape index (κ1) is 17.8. The number of amides is 3. The molecule has 0 saturated heterocycles. The van der Waals surface area contributed by atoms with Crippen LogP contribution in [0.15, 0.2) is 0 Å². The highest BCUT2D eigenvalue weighted by Gasteiger charge is 2.44. The predicted molar refractivity (Wildman–Crippen MR) is 82.1 cm³/mol. The van der Waals surface area contributed by atoms with Gasteiger partial charge >= 0.3 is 12.0 Å². The molecule has 1 rings (SSSR count). The van der Waals surface area contributed by atoms with Crippen molar-refractivity contribution in [3.05, 3.63) is 0 Å². The monoisotopic (exact) mass is 316 g/mol. The van der Waals surface area contributed by atoms with Gasteiger partial charge in [-0.15, -0.1) is 0 Å². The molecule has 2 N–H and O–H groups in total. The molecule has 1 aliphatic carbocycles. The van der Waals surface area contributed by atoms with Crippen LogP contribution < -0.4 is 10.6 Å². The number of esters is 1. The van der Waals surface area contributed by atoms with Crippen molar-refractivity contribution in [1.29, 1.82) is 0 Å². The number of rotatable bonds is 6. The van der Waals surface area contributed by atoms with E-state index in [0.717, 1.165) is 18.6 Å². The number of methoxy groups -OCH3 is 1. The molecule has 120 valence electrons. The number of carbonyl (C=O) groups is 3. The number of imide groups is 1. The molecule has 21 heavy (non-hydrogen) atoms. The van der Waals surface area contributed by atoms with Crippen LogP contribution in [-0.2, 0) is 14.3 Å². The van der Waals surface area contributed by atoms with Gasteiger partial charge in [-0.1, -0.05) is 0 Å². The van der Waals surface area contributed by atoms with Crippen LogP contribution in [0.3, 0.4) is 0 Å². The Bertz CT molecular complexity index is 414. The molecule has 0 aromatic carbocycles. The fourth-order valence-electron chi connectivity index (χ4n) is 1.82. The third-order valence-electron chi connectivity index (χ3n) is 3.09. The molecule has 3 amide bonds. The lowest BCUT2D eigenvalue weighted by molar-refractivity contribution is -0.141. The molecule has 0 aliphatic heterocycles. The minimum Gasteiger partial charge on any atom is -0.469 e. The van der Waals surface area contributed by atoms with Crippen LogP contribution in [0, 0.1) is 5.41 Å². The fourth-order valence-corrected chi connectivity index (χ4v) is 3.01. The van der Waals surface area contributed by atoms with Crippen molar-refractivity contribution in [2.24, 2.45) is 5.41 Å². The van der Waals surface area contributed by atoms with Crippen LogP contribution in [0.25, 0.3) is 0 Å². The minimum atomic E-state index is -0.483. The van der Waals surface area contributed by atoms with Gasteiger partial charge in [0.1, 0.15) is 0 Å². The van der Waals surface area contributed by atoms with Crippen molar-refractivity contribution in [3.8, 4) is 0 Å². The first-order valence-electron chi connectivity index (χ1n) is 6.92. The molecule has 0 heterocycles. The minimum absolute atomic E-state index is 0.00823. The van der Waals surface area contributed by atoms with E-state index in [0.29, 0.717) is 6.42 Å². The number of urea groups is 1. The molecule has 0 atom stereocenters. The van der Waals surface area contributed by atoms with Crippen LogP contribution in [0.2, 0.25) is 0 Å². The first-order valence-corrected chi connectivity index (χ1v) is 8.08. The topological polar surface area (TPSA) is 84.5 Å². The molecule has 7 heteroatoms. The van der Waals surface area contributed by atoms with Gasteiger partial charge in [0.05, 0.1) is 19.3 Å². The van der Waals surface area contributed by atoms with E-state index in [-0.39, 0.29) is 28.6 Å².